The second-order valence-electron chi connectivity index (χ2n) is 7.04. The smallest absolute Gasteiger partial charge is 0.282 e. The first-order chi connectivity index (χ1) is 14.5. The van der Waals surface area contributed by atoms with Gasteiger partial charge in [0.25, 0.3) is 11.8 Å². The summed E-state index contributed by atoms with van der Waals surface area (Å²) in [6, 6.07) is 15.0. The molecule has 2 aromatic rings. The van der Waals surface area contributed by atoms with E-state index in [9.17, 15) is 9.59 Å². The van der Waals surface area contributed by atoms with Crippen LogP contribution in [-0.2, 0) is 11.2 Å². The molecule has 6 heteroatoms. The van der Waals surface area contributed by atoms with Crippen LogP contribution in [-0.4, -0.2) is 35.5 Å². The zero-order chi connectivity index (χ0) is 21.7. The fraction of sp³-hybridized carbons (Fsp3) is 0.292. The van der Waals surface area contributed by atoms with Crippen molar-refractivity contribution in [2.45, 2.75) is 34.1 Å². The summed E-state index contributed by atoms with van der Waals surface area (Å²) in [6.07, 6.45) is 2.62. The first kappa shape index (κ1) is 21.3. The highest BCUT2D eigenvalue weighted by molar-refractivity contribution is 6.29. The average Bonchev–Trinajstić information content (AvgIpc) is 3.06. The molecule has 0 saturated heterocycles. The molecular formula is C24H28N4O2. The average molecular weight is 405 g/mol. The van der Waals surface area contributed by atoms with Crippen LogP contribution in [0.15, 0.2) is 65.4 Å². The van der Waals surface area contributed by atoms with Crippen LogP contribution >= 0.6 is 0 Å². The molecule has 1 N–H and O–H groups in total. The lowest BCUT2D eigenvalue weighted by Gasteiger charge is -2.19. The fourth-order valence-corrected chi connectivity index (χ4v) is 3.42. The Morgan fingerprint density at radius 2 is 1.73 bits per heavy atom. The predicted molar refractivity (Wildman–Crippen MR) is 122 cm³/mol. The molecular weight excluding hydrogens is 376 g/mol. The van der Waals surface area contributed by atoms with Crippen LogP contribution in [0.25, 0.3) is 0 Å². The Kier molecular flexibility index (Phi) is 6.67. The van der Waals surface area contributed by atoms with Gasteiger partial charge in [-0.05, 0) is 63.1 Å². The Balaban J connectivity index is 1.77. The van der Waals surface area contributed by atoms with Gasteiger partial charge in [-0.1, -0.05) is 25.1 Å². The summed E-state index contributed by atoms with van der Waals surface area (Å²) < 4.78 is 0. The first-order valence-corrected chi connectivity index (χ1v) is 10.3. The molecule has 3 rings (SSSR count). The summed E-state index contributed by atoms with van der Waals surface area (Å²) >= 11 is 0. The topological polar surface area (TPSA) is 65.0 Å². The van der Waals surface area contributed by atoms with Crippen LogP contribution in [0.1, 0.15) is 43.6 Å². The van der Waals surface area contributed by atoms with Crippen molar-refractivity contribution in [1.82, 2.24) is 4.90 Å². The van der Waals surface area contributed by atoms with Gasteiger partial charge in [0.05, 0.1) is 17.0 Å². The van der Waals surface area contributed by atoms with Crippen LogP contribution in [0.3, 0.4) is 0 Å². The van der Waals surface area contributed by atoms with Crippen molar-refractivity contribution < 1.29 is 9.59 Å². The van der Waals surface area contributed by atoms with Crippen LogP contribution in [0.4, 0.5) is 11.4 Å². The number of hydrazone groups is 1. The van der Waals surface area contributed by atoms with Gasteiger partial charge < -0.3 is 10.2 Å². The zero-order valence-corrected chi connectivity index (χ0v) is 18.0. The summed E-state index contributed by atoms with van der Waals surface area (Å²) in [6.45, 7) is 9.14. The van der Waals surface area contributed by atoms with Crippen molar-refractivity contribution in [2.24, 2.45) is 5.10 Å². The zero-order valence-electron chi connectivity index (χ0n) is 18.0. The normalized spacial score (nSPS) is 14.8. The summed E-state index contributed by atoms with van der Waals surface area (Å²) in [4.78, 5) is 27.2. The number of benzene rings is 2. The lowest BCUT2D eigenvalue weighted by atomic mass is 10.1. The maximum atomic E-state index is 12.9. The van der Waals surface area contributed by atoms with Gasteiger partial charge in [-0.15, -0.1) is 0 Å². The number of rotatable bonds is 7. The number of hydrogen-bond acceptors (Lipinski definition) is 4. The fourth-order valence-electron chi connectivity index (χ4n) is 3.42. The first-order valence-electron chi connectivity index (χ1n) is 10.3. The molecule has 0 bridgehead atoms. The largest absolute Gasteiger partial charge is 0.361 e. The summed E-state index contributed by atoms with van der Waals surface area (Å²) in [5.41, 5.74) is 4.55. The number of nitrogens with one attached hydrogen (secondary N) is 1. The molecule has 0 unspecified atom stereocenters. The van der Waals surface area contributed by atoms with E-state index < -0.39 is 0 Å². The van der Waals surface area contributed by atoms with Gasteiger partial charge in [-0.25, -0.2) is 0 Å². The minimum Gasteiger partial charge on any atom is -0.361 e. The number of nitrogens with zero attached hydrogens (tertiary/aromatic N) is 3. The quantitative estimate of drug-likeness (QED) is 0.694. The molecule has 6 nitrogen and oxygen atoms in total. The third kappa shape index (κ3) is 4.27. The third-order valence-corrected chi connectivity index (χ3v) is 5.24. The van der Waals surface area contributed by atoms with Crippen molar-refractivity contribution in [1.29, 1.82) is 0 Å². The molecule has 0 radical (unpaired) electrons. The van der Waals surface area contributed by atoms with Gasteiger partial charge in [0, 0.05) is 30.5 Å². The Labute approximate surface area is 177 Å². The van der Waals surface area contributed by atoms with Gasteiger partial charge in [-0.3, -0.25) is 9.59 Å². The molecule has 1 heterocycles. The van der Waals surface area contributed by atoms with E-state index in [2.05, 4.69) is 23.4 Å². The number of anilines is 2. The van der Waals surface area contributed by atoms with E-state index in [-0.39, 0.29) is 11.8 Å². The molecule has 2 amide bonds. The van der Waals surface area contributed by atoms with Crippen LogP contribution in [0, 0.1) is 0 Å². The van der Waals surface area contributed by atoms with E-state index >= 15 is 0 Å². The highest BCUT2D eigenvalue weighted by Crippen LogP contribution is 2.25. The minimum atomic E-state index is -0.197. The van der Waals surface area contributed by atoms with E-state index in [1.807, 2.05) is 39.0 Å². The molecule has 30 heavy (non-hydrogen) atoms. The van der Waals surface area contributed by atoms with Crippen molar-refractivity contribution >= 4 is 28.9 Å². The second kappa shape index (κ2) is 9.39. The van der Waals surface area contributed by atoms with E-state index in [0.717, 1.165) is 12.1 Å². The number of aryl methyl sites for hydroxylation is 1. The number of amides is 2. The molecule has 1 aliphatic heterocycles. The van der Waals surface area contributed by atoms with Gasteiger partial charge in [0.1, 0.15) is 0 Å². The van der Waals surface area contributed by atoms with E-state index in [1.54, 1.807) is 35.4 Å². The Hall–Kier alpha value is -3.41. The van der Waals surface area contributed by atoms with Crippen molar-refractivity contribution in [3.05, 3.63) is 71.4 Å². The molecule has 0 atom stereocenters. The lowest BCUT2D eigenvalue weighted by Crippen LogP contribution is -2.30. The molecule has 0 spiro atoms. The SMILES string of the molecule is CCc1ccccc1N/C=C1/C(=O)N(c2ccc(C(=O)N(CC)CC)cc2)N=C1C. The monoisotopic (exact) mass is 404 g/mol. The summed E-state index contributed by atoms with van der Waals surface area (Å²) in [7, 11) is 0. The van der Waals surface area contributed by atoms with Gasteiger partial charge in [-0.2, -0.15) is 10.1 Å². The predicted octanol–water partition coefficient (Wildman–Crippen LogP) is 4.45. The number of carbonyl (C=O) groups is 2. The van der Waals surface area contributed by atoms with E-state index in [0.29, 0.717) is 35.6 Å². The molecule has 0 saturated carbocycles. The Bertz CT molecular complexity index is 989. The summed E-state index contributed by atoms with van der Waals surface area (Å²) in [5, 5.41) is 9.04. The number of carbonyl (C=O) groups excluding carboxylic acids is 2. The highest BCUT2D eigenvalue weighted by Gasteiger charge is 2.29. The van der Waals surface area contributed by atoms with Crippen molar-refractivity contribution in [3.8, 4) is 0 Å². The van der Waals surface area contributed by atoms with Gasteiger partial charge >= 0.3 is 0 Å². The molecule has 1 aliphatic rings. The maximum absolute atomic E-state index is 12.9. The minimum absolute atomic E-state index is 0.0154. The third-order valence-electron chi connectivity index (χ3n) is 5.24. The van der Waals surface area contributed by atoms with Crippen LogP contribution in [0.5, 0.6) is 0 Å². The second-order valence-corrected chi connectivity index (χ2v) is 7.04. The Morgan fingerprint density at radius 3 is 2.37 bits per heavy atom. The molecule has 0 aromatic heterocycles. The highest BCUT2D eigenvalue weighted by atomic mass is 16.2. The molecule has 156 valence electrons. The lowest BCUT2D eigenvalue weighted by molar-refractivity contribution is -0.114. The molecule has 0 fully saturated rings. The van der Waals surface area contributed by atoms with Crippen LogP contribution < -0.4 is 10.3 Å². The molecule has 0 aliphatic carbocycles. The maximum Gasteiger partial charge on any atom is 0.282 e. The Morgan fingerprint density at radius 1 is 1.07 bits per heavy atom. The number of hydrogen-bond donors (Lipinski definition) is 1. The van der Waals surface area contributed by atoms with Gasteiger partial charge in [0.15, 0.2) is 0 Å². The van der Waals surface area contributed by atoms with E-state index in [4.69, 9.17) is 0 Å². The van der Waals surface area contributed by atoms with Crippen molar-refractivity contribution in [2.75, 3.05) is 23.4 Å². The molecule has 2 aromatic carbocycles. The van der Waals surface area contributed by atoms with Gasteiger partial charge in [0.2, 0.25) is 0 Å². The number of para-hydroxylation sites is 1. The van der Waals surface area contributed by atoms with Crippen LogP contribution in [0.2, 0.25) is 0 Å². The van der Waals surface area contributed by atoms with E-state index in [1.165, 1.54) is 10.6 Å². The summed E-state index contributed by atoms with van der Waals surface area (Å²) in [5.74, 6) is -0.213. The standard InChI is InChI=1S/C24H28N4O2/c1-5-18-10-8-9-11-22(18)25-16-21-17(4)26-28(24(21)30)20-14-12-19(13-15-20)23(29)27(6-2)7-3/h8-16,25H,5-7H2,1-4H3/b21-16+. The van der Waals surface area contributed by atoms with Crippen molar-refractivity contribution in [3.63, 3.8) is 0 Å².